The third-order valence-corrected chi connectivity index (χ3v) is 5.96. The fraction of sp³-hybridized carbons (Fsp3) is 0.200. The van der Waals surface area contributed by atoms with Crippen LogP contribution < -0.4 is 9.46 Å². The van der Waals surface area contributed by atoms with E-state index in [4.69, 9.17) is 27.9 Å². The van der Waals surface area contributed by atoms with Crippen LogP contribution in [0, 0.1) is 0 Å². The molecule has 0 aliphatic carbocycles. The monoisotopic (exact) mass is 451 g/mol. The van der Waals surface area contributed by atoms with Crippen molar-refractivity contribution in [1.82, 2.24) is 9.97 Å². The van der Waals surface area contributed by atoms with Crippen molar-refractivity contribution in [1.29, 1.82) is 0 Å². The minimum absolute atomic E-state index is 0.0793. The maximum absolute atomic E-state index is 12.8. The first-order chi connectivity index (χ1) is 13.9. The van der Waals surface area contributed by atoms with E-state index in [1.165, 1.54) is 18.5 Å². The van der Waals surface area contributed by atoms with Gasteiger partial charge in [-0.3, -0.25) is 4.72 Å². The number of anilines is 1. The summed E-state index contributed by atoms with van der Waals surface area (Å²) in [4.78, 5) is 8.11. The van der Waals surface area contributed by atoms with Crippen molar-refractivity contribution in [2.24, 2.45) is 0 Å². The first-order valence-corrected chi connectivity index (χ1v) is 11.2. The minimum Gasteiger partial charge on any atom is -0.494 e. The number of nitrogens with zero attached hydrogens (tertiary/aromatic N) is 2. The molecule has 0 aliphatic rings. The summed E-state index contributed by atoms with van der Waals surface area (Å²) < 4.78 is 33.8. The van der Waals surface area contributed by atoms with Gasteiger partial charge in [0.25, 0.3) is 10.0 Å². The molecule has 9 heteroatoms. The van der Waals surface area contributed by atoms with E-state index in [9.17, 15) is 8.42 Å². The molecule has 6 nitrogen and oxygen atoms in total. The van der Waals surface area contributed by atoms with Gasteiger partial charge in [0, 0.05) is 5.02 Å². The lowest BCUT2D eigenvalue weighted by Crippen LogP contribution is -2.15. The standard InChI is InChI=1S/C20H19Cl2N3O3S/c1-2-3-12-28-16-8-10-17(11-9-16)29(26,27)25-20-18(19(22)23-13-24-20)14-4-6-15(21)7-5-14/h4-11,13H,2-3,12H2,1H3,(H,23,24,25). The molecule has 2 aromatic carbocycles. The lowest BCUT2D eigenvalue weighted by Gasteiger charge is -2.13. The van der Waals surface area contributed by atoms with Gasteiger partial charge in [0.05, 0.1) is 17.1 Å². The zero-order valence-corrected chi connectivity index (χ0v) is 17.9. The van der Waals surface area contributed by atoms with Gasteiger partial charge in [0.1, 0.15) is 17.2 Å². The minimum atomic E-state index is -3.89. The summed E-state index contributed by atoms with van der Waals surface area (Å²) in [6.45, 7) is 2.66. The molecular weight excluding hydrogens is 433 g/mol. The number of halogens is 2. The molecule has 152 valence electrons. The highest BCUT2D eigenvalue weighted by molar-refractivity contribution is 7.92. The highest BCUT2D eigenvalue weighted by Gasteiger charge is 2.20. The number of nitrogens with one attached hydrogen (secondary N) is 1. The molecule has 0 amide bonds. The van der Waals surface area contributed by atoms with Crippen molar-refractivity contribution >= 4 is 39.0 Å². The smallest absolute Gasteiger partial charge is 0.263 e. The van der Waals surface area contributed by atoms with Crippen LogP contribution in [0.5, 0.6) is 5.75 Å². The Morgan fingerprint density at radius 3 is 2.34 bits per heavy atom. The van der Waals surface area contributed by atoms with Gasteiger partial charge in [0.2, 0.25) is 0 Å². The molecule has 0 radical (unpaired) electrons. The molecular formula is C20H19Cl2N3O3S. The zero-order chi connectivity index (χ0) is 20.9. The van der Waals surface area contributed by atoms with Gasteiger partial charge in [-0.15, -0.1) is 0 Å². The van der Waals surface area contributed by atoms with E-state index in [2.05, 4.69) is 21.6 Å². The Bertz CT molecular complexity index is 1070. The Hall–Kier alpha value is -2.35. The fourth-order valence-electron chi connectivity index (χ4n) is 2.55. The van der Waals surface area contributed by atoms with E-state index in [1.54, 1.807) is 36.4 Å². The van der Waals surface area contributed by atoms with Crippen LogP contribution in [0.3, 0.4) is 0 Å². The zero-order valence-electron chi connectivity index (χ0n) is 15.6. The molecule has 0 spiro atoms. The van der Waals surface area contributed by atoms with E-state index >= 15 is 0 Å². The Kier molecular flexibility index (Phi) is 6.95. The number of ether oxygens (including phenoxy) is 1. The third-order valence-electron chi connectivity index (χ3n) is 4.07. The van der Waals surface area contributed by atoms with Crippen molar-refractivity contribution in [3.8, 4) is 16.9 Å². The molecule has 1 aromatic heterocycles. The average Bonchev–Trinajstić information content (AvgIpc) is 2.70. The first kappa shape index (κ1) is 21.4. The summed E-state index contributed by atoms with van der Waals surface area (Å²) in [6.07, 6.45) is 3.15. The number of unbranched alkanes of at least 4 members (excludes halogenated alkanes) is 1. The van der Waals surface area contributed by atoms with Crippen molar-refractivity contribution in [3.63, 3.8) is 0 Å². The van der Waals surface area contributed by atoms with E-state index in [0.717, 1.165) is 12.8 Å². The predicted octanol–water partition coefficient (Wildman–Crippen LogP) is 5.43. The van der Waals surface area contributed by atoms with Crippen LogP contribution in [0.15, 0.2) is 59.8 Å². The van der Waals surface area contributed by atoms with E-state index in [0.29, 0.717) is 28.5 Å². The van der Waals surface area contributed by atoms with Crippen LogP contribution in [-0.2, 0) is 10.0 Å². The lowest BCUT2D eigenvalue weighted by atomic mass is 10.1. The van der Waals surface area contributed by atoms with Gasteiger partial charge in [-0.1, -0.05) is 48.7 Å². The summed E-state index contributed by atoms with van der Waals surface area (Å²) in [6, 6.07) is 13.0. The van der Waals surface area contributed by atoms with Gasteiger partial charge >= 0.3 is 0 Å². The van der Waals surface area contributed by atoms with Crippen LogP contribution in [0.2, 0.25) is 10.2 Å². The van der Waals surface area contributed by atoms with E-state index in [1.807, 2.05) is 0 Å². The summed E-state index contributed by atoms with van der Waals surface area (Å²) in [5.41, 5.74) is 1.01. The second kappa shape index (κ2) is 9.43. The molecule has 0 atom stereocenters. The van der Waals surface area contributed by atoms with Gasteiger partial charge in [-0.25, -0.2) is 18.4 Å². The largest absolute Gasteiger partial charge is 0.494 e. The molecule has 0 saturated heterocycles. The Morgan fingerprint density at radius 2 is 1.69 bits per heavy atom. The van der Waals surface area contributed by atoms with Crippen LogP contribution in [0.4, 0.5) is 5.82 Å². The van der Waals surface area contributed by atoms with Crippen molar-refractivity contribution in [3.05, 3.63) is 65.0 Å². The maximum Gasteiger partial charge on any atom is 0.263 e. The van der Waals surface area contributed by atoms with Crippen LogP contribution in [0.25, 0.3) is 11.1 Å². The van der Waals surface area contributed by atoms with Gasteiger partial charge in [0.15, 0.2) is 5.82 Å². The Labute approximate surface area is 179 Å². The summed E-state index contributed by atoms with van der Waals surface area (Å²) >= 11 is 12.2. The highest BCUT2D eigenvalue weighted by Crippen LogP contribution is 2.33. The molecule has 0 saturated carbocycles. The lowest BCUT2D eigenvalue weighted by molar-refractivity contribution is 0.309. The first-order valence-electron chi connectivity index (χ1n) is 8.93. The number of sulfonamides is 1. The highest BCUT2D eigenvalue weighted by atomic mass is 35.5. The topological polar surface area (TPSA) is 81.2 Å². The average molecular weight is 452 g/mol. The molecule has 0 bridgehead atoms. The van der Waals surface area contributed by atoms with Crippen LogP contribution in [0.1, 0.15) is 19.8 Å². The summed E-state index contributed by atoms with van der Waals surface area (Å²) in [5, 5.41) is 0.671. The summed E-state index contributed by atoms with van der Waals surface area (Å²) in [7, 11) is -3.89. The normalized spacial score (nSPS) is 11.3. The molecule has 1 N–H and O–H groups in total. The molecule has 3 aromatic rings. The number of rotatable bonds is 8. The quantitative estimate of drug-likeness (QED) is 0.364. The maximum atomic E-state index is 12.8. The van der Waals surface area contributed by atoms with Gasteiger partial charge in [-0.05, 0) is 48.4 Å². The number of hydrogen-bond donors (Lipinski definition) is 1. The number of aromatic nitrogens is 2. The fourth-order valence-corrected chi connectivity index (χ4v) is 3.94. The van der Waals surface area contributed by atoms with Gasteiger partial charge in [-0.2, -0.15) is 0 Å². The van der Waals surface area contributed by atoms with E-state index in [-0.39, 0.29) is 15.9 Å². The predicted molar refractivity (Wildman–Crippen MR) is 115 cm³/mol. The Balaban J connectivity index is 1.87. The van der Waals surface area contributed by atoms with Crippen molar-refractivity contribution < 1.29 is 13.2 Å². The summed E-state index contributed by atoms with van der Waals surface area (Å²) in [5.74, 6) is 0.694. The molecule has 0 unspecified atom stereocenters. The molecule has 29 heavy (non-hydrogen) atoms. The second-order valence-corrected chi connectivity index (χ2v) is 8.65. The number of benzene rings is 2. The van der Waals surface area contributed by atoms with Crippen molar-refractivity contribution in [2.75, 3.05) is 11.3 Å². The second-order valence-electron chi connectivity index (χ2n) is 6.17. The van der Waals surface area contributed by atoms with E-state index < -0.39 is 10.0 Å². The molecule has 0 fully saturated rings. The Morgan fingerprint density at radius 1 is 1.00 bits per heavy atom. The van der Waals surface area contributed by atoms with Crippen LogP contribution >= 0.6 is 23.2 Å². The third kappa shape index (κ3) is 5.38. The molecule has 0 aliphatic heterocycles. The SMILES string of the molecule is CCCCOc1ccc(S(=O)(=O)Nc2ncnc(Cl)c2-c2ccc(Cl)cc2)cc1. The molecule has 1 heterocycles. The van der Waals surface area contributed by atoms with Crippen LogP contribution in [-0.4, -0.2) is 25.0 Å². The van der Waals surface area contributed by atoms with Gasteiger partial charge < -0.3 is 4.74 Å². The number of hydrogen-bond acceptors (Lipinski definition) is 5. The molecule has 3 rings (SSSR count). The van der Waals surface area contributed by atoms with Crippen molar-refractivity contribution in [2.45, 2.75) is 24.7 Å².